The van der Waals surface area contributed by atoms with Gasteiger partial charge in [-0.2, -0.15) is 0 Å². The van der Waals surface area contributed by atoms with E-state index in [1.807, 2.05) is 24.4 Å². The first-order valence-electron chi connectivity index (χ1n) is 13.4. The summed E-state index contributed by atoms with van der Waals surface area (Å²) in [6, 6.07) is 3.67. The minimum atomic E-state index is -0.576. The van der Waals surface area contributed by atoms with E-state index in [4.69, 9.17) is 9.72 Å². The van der Waals surface area contributed by atoms with Gasteiger partial charge in [0.2, 0.25) is 5.91 Å². The summed E-state index contributed by atoms with van der Waals surface area (Å²) in [5, 5.41) is 20.2. The molecule has 1 saturated carbocycles. The molecule has 8 nitrogen and oxygen atoms in total. The van der Waals surface area contributed by atoms with E-state index in [0.29, 0.717) is 16.6 Å². The van der Waals surface area contributed by atoms with Crippen molar-refractivity contribution in [1.29, 1.82) is 0 Å². The summed E-state index contributed by atoms with van der Waals surface area (Å²) < 4.78 is 5.39. The van der Waals surface area contributed by atoms with Crippen molar-refractivity contribution in [2.24, 2.45) is 23.2 Å². The summed E-state index contributed by atoms with van der Waals surface area (Å²) in [6.45, 7) is 11.1. The second-order valence-corrected chi connectivity index (χ2v) is 13.2. The second kappa shape index (κ2) is 11.1. The average Bonchev–Trinajstić information content (AvgIpc) is 3.54. The number of aliphatic hydroxyl groups excluding tert-OH is 1. The summed E-state index contributed by atoms with van der Waals surface area (Å²) in [5.74, 6) is -0.378. The predicted molar refractivity (Wildman–Crippen MR) is 146 cm³/mol. The van der Waals surface area contributed by atoms with Crippen molar-refractivity contribution in [1.82, 2.24) is 15.2 Å². The van der Waals surface area contributed by atoms with E-state index in [9.17, 15) is 14.7 Å². The zero-order valence-electron chi connectivity index (χ0n) is 21.9. The van der Waals surface area contributed by atoms with Gasteiger partial charge in [0.15, 0.2) is 5.13 Å². The van der Waals surface area contributed by atoms with Gasteiger partial charge in [0.25, 0.3) is 5.91 Å². The van der Waals surface area contributed by atoms with Gasteiger partial charge in [-0.3, -0.25) is 19.8 Å². The van der Waals surface area contributed by atoms with Crippen LogP contribution < -0.4 is 10.6 Å². The fourth-order valence-corrected chi connectivity index (χ4v) is 8.56. The molecule has 0 radical (unpaired) electrons. The van der Waals surface area contributed by atoms with Crippen molar-refractivity contribution in [2.75, 3.05) is 44.7 Å². The minimum Gasteiger partial charge on any atom is -0.392 e. The van der Waals surface area contributed by atoms with Gasteiger partial charge in [0.05, 0.1) is 29.9 Å². The quantitative estimate of drug-likeness (QED) is 0.490. The number of fused-ring (bicyclic) bond motifs is 2. The third kappa shape index (κ3) is 5.49. The van der Waals surface area contributed by atoms with Crippen LogP contribution in [0.5, 0.6) is 0 Å². The van der Waals surface area contributed by atoms with Gasteiger partial charge < -0.3 is 15.2 Å². The topological polar surface area (TPSA) is 104 Å². The standard InChI is InChI=1S/C27H38N4O4S2/c1-16(24(33)28-8-9-31-10-12-35-13-11-31)18-6-7-27(3)15-20-22(17(2)21(27)23(18)32)29-26(37-20)30-25(34)19-5-4-14-36-19/h4-5,14,16-18,21,23,32H,6-13,15H2,1-3H3,(H,28,33)(H,29,30,34)/t16-,17-,18?,21+,23-,27-/m0/s1. The molecule has 5 rings (SSSR count). The Balaban J connectivity index is 1.24. The molecular formula is C27H38N4O4S2. The highest BCUT2D eigenvalue weighted by Gasteiger charge is 2.53. The Morgan fingerprint density at radius 1 is 1.35 bits per heavy atom. The van der Waals surface area contributed by atoms with Crippen molar-refractivity contribution in [2.45, 2.75) is 52.1 Å². The lowest BCUT2D eigenvalue weighted by Gasteiger charge is -2.53. The number of amides is 2. The van der Waals surface area contributed by atoms with E-state index in [1.165, 1.54) is 16.2 Å². The summed E-state index contributed by atoms with van der Waals surface area (Å²) in [6.07, 6.45) is 2.05. The van der Waals surface area contributed by atoms with Crippen molar-refractivity contribution < 1.29 is 19.4 Å². The van der Waals surface area contributed by atoms with E-state index in [0.717, 1.165) is 57.8 Å². The molecule has 3 N–H and O–H groups in total. The number of hydrogen-bond acceptors (Lipinski definition) is 8. The zero-order valence-corrected chi connectivity index (χ0v) is 23.5. The van der Waals surface area contributed by atoms with Crippen LogP contribution in [0.25, 0.3) is 0 Å². The van der Waals surface area contributed by atoms with Crippen molar-refractivity contribution >= 4 is 39.6 Å². The van der Waals surface area contributed by atoms with E-state index >= 15 is 0 Å². The highest BCUT2D eigenvalue weighted by molar-refractivity contribution is 7.16. The molecule has 6 atom stereocenters. The summed E-state index contributed by atoms with van der Waals surface area (Å²) in [4.78, 5) is 34.6. The number of hydrogen-bond donors (Lipinski definition) is 3. The van der Waals surface area contributed by atoms with Crippen LogP contribution in [0.4, 0.5) is 5.13 Å². The molecule has 2 amide bonds. The maximum Gasteiger partial charge on any atom is 0.267 e. The van der Waals surface area contributed by atoms with E-state index < -0.39 is 6.10 Å². The number of rotatable bonds is 7. The first kappa shape index (κ1) is 26.7. The lowest BCUT2D eigenvalue weighted by Crippen LogP contribution is -2.53. The Kier molecular flexibility index (Phi) is 8.02. The molecule has 3 heterocycles. The van der Waals surface area contributed by atoms with Crippen LogP contribution in [-0.2, 0) is 16.0 Å². The Hall–Kier alpha value is -1.85. The highest BCUT2D eigenvalue weighted by Crippen LogP contribution is 2.57. The van der Waals surface area contributed by atoms with Gasteiger partial charge in [-0.05, 0) is 48.0 Å². The van der Waals surface area contributed by atoms with Crippen LogP contribution in [0.3, 0.4) is 0 Å². The maximum atomic E-state index is 13.0. The first-order valence-corrected chi connectivity index (χ1v) is 15.1. The summed E-state index contributed by atoms with van der Waals surface area (Å²) in [5.41, 5.74) is 0.924. The molecule has 3 aliphatic rings. The van der Waals surface area contributed by atoms with Gasteiger partial charge in [-0.25, -0.2) is 4.98 Å². The Bertz CT molecular complexity index is 1100. The number of carbonyl (C=O) groups excluding carboxylic acids is 2. The molecule has 2 aromatic rings. The van der Waals surface area contributed by atoms with Crippen LogP contribution in [-0.4, -0.2) is 72.3 Å². The second-order valence-electron chi connectivity index (χ2n) is 11.1. The number of ether oxygens (including phenoxy) is 1. The first-order chi connectivity index (χ1) is 17.8. The predicted octanol–water partition coefficient (Wildman–Crippen LogP) is 3.59. The normalized spacial score (nSPS) is 30.7. The number of anilines is 1. The molecule has 2 aromatic heterocycles. The van der Waals surface area contributed by atoms with Crippen LogP contribution in [0, 0.1) is 23.2 Å². The van der Waals surface area contributed by atoms with Crippen molar-refractivity contribution in [3.05, 3.63) is 33.0 Å². The van der Waals surface area contributed by atoms with E-state index in [2.05, 4.69) is 29.4 Å². The molecule has 1 aliphatic heterocycles. The molecule has 2 fully saturated rings. The summed E-state index contributed by atoms with van der Waals surface area (Å²) in [7, 11) is 0. The number of morpholine rings is 1. The maximum absolute atomic E-state index is 13.0. The van der Waals surface area contributed by atoms with Crippen LogP contribution >= 0.6 is 22.7 Å². The molecule has 2 aliphatic carbocycles. The van der Waals surface area contributed by atoms with Gasteiger partial charge in [0, 0.05) is 42.9 Å². The van der Waals surface area contributed by atoms with Gasteiger partial charge >= 0.3 is 0 Å². The van der Waals surface area contributed by atoms with Crippen LogP contribution in [0.15, 0.2) is 17.5 Å². The summed E-state index contributed by atoms with van der Waals surface area (Å²) >= 11 is 2.97. The number of nitrogens with one attached hydrogen (secondary N) is 2. The van der Waals surface area contributed by atoms with Gasteiger partial charge in [0.1, 0.15) is 0 Å². The number of nitrogens with zero attached hydrogens (tertiary/aromatic N) is 2. The van der Waals surface area contributed by atoms with Gasteiger partial charge in [-0.15, -0.1) is 22.7 Å². The molecule has 202 valence electrons. The van der Waals surface area contributed by atoms with Gasteiger partial charge in [-0.1, -0.05) is 26.8 Å². The number of thiazole rings is 1. The third-order valence-electron chi connectivity index (χ3n) is 8.77. The Morgan fingerprint density at radius 2 is 2.14 bits per heavy atom. The molecule has 1 saturated heterocycles. The zero-order chi connectivity index (χ0) is 26.2. The largest absolute Gasteiger partial charge is 0.392 e. The van der Waals surface area contributed by atoms with E-state index in [1.54, 1.807) is 11.3 Å². The Labute approximate surface area is 226 Å². The number of aliphatic hydroxyl groups is 1. The number of thiophene rings is 1. The minimum absolute atomic E-state index is 0.0188. The van der Waals surface area contributed by atoms with Crippen LogP contribution in [0.1, 0.15) is 59.8 Å². The number of carbonyl (C=O) groups is 2. The molecule has 1 unspecified atom stereocenters. The smallest absolute Gasteiger partial charge is 0.267 e. The molecular weight excluding hydrogens is 508 g/mol. The van der Waals surface area contributed by atoms with Crippen LogP contribution in [0.2, 0.25) is 0 Å². The molecule has 37 heavy (non-hydrogen) atoms. The third-order valence-corrected chi connectivity index (χ3v) is 10.6. The SMILES string of the molecule is C[C@H](C(=O)NCCN1CCOCC1)C1CC[C@@]2(C)Cc3sc(NC(=O)c4cccs4)nc3[C@@H](C)[C@@H]2[C@H]1O. The molecule has 10 heteroatoms. The number of aromatic nitrogens is 1. The Morgan fingerprint density at radius 3 is 2.86 bits per heavy atom. The molecule has 0 bridgehead atoms. The van der Waals surface area contributed by atoms with Crippen molar-refractivity contribution in [3.8, 4) is 0 Å². The monoisotopic (exact) mass is 546 g/mol. The lowest BCUT2D eigenvalue weighted by molar-refractivity contribution is -0.134. The fraction of sp³-hybridized carbons (Fsp3) is 0.667. The highest BCUT2D eigenvalue weighted by atomic mass is 32.1. The lowest BCUT2D eigenvalue weighted by atomic mass is 9.53. The average molecular weight is 547 g/mol. The molecule has 0 spiro atoms. The molecule has 0 aromatic carbocycles. The van der Waals surface area contributed by atoms with E-state index in [-0.39, 0.29) is 40.9 Å². The fourth-order valence-electron chi connectivity index (χ4n) is 6.68. The van der Waals surface area contributed by atoms with Crippen molar-refractivity contribution in [3.63, 3.8) is 0 Å².